The Morgan fingerprint density at radius 3 is 2.68 bits per heavy atom. The maximum absolute atomic E-state index is 13.2. The maximum Gasteiger partial charge on any atom is 0.257 e. The summed E-state index contributed by atoms with van der Waals surface area (Å²) in [6, 6.07) is 8.72. The van der Waals surface area contributed by atoms with Crippen molar-refractivity contribution < 1.29 is 9.18 Å². The Hall–Kier alpha value is -1.59. The Morgan fingerprint density at radius 2 is 2.00 bits per heavy atom. The molecule has 0 radical (unpaired) electrons. The van der Waals surface area contributed by atoms with Crippen LogP contribution in [0.15, 0.2) is 40.9 Å². The molecule has 2 rings (SSSR count). The van der Waals surface area contributed by atoms with Gasteiger partial charge in [-0.15, -0.1) is 0 Å². The van der Waals surface area contributed by atoms with Gasteiger partial charge >= 0.3 is 0 Å². The summed E-state index contributed by atoms with van der Waals surface area (Å²) in [5.74, 6) is -0.953. The molecule has 0 saturated heterocycles. The van der Waals surface area contributed by atoms with E-state index in [0.717, 1.165) is 10.5 Å². The van der Waals surface area contributed by atoms with E-state index < -0.39 is 11.7 Å². The summed E-state index contributed by atoms with van der Waals surface area (Å²) in [7, 11) is 0. The monoisotopic (exact) mass is 342 g/mol. The van der Waals surface area contributed by atoms with E-state index in [0.29, 0.717) is 11.3 Å². The van der Waals surface area contributed by atoms with Gasteiger partial charge in [-0.25, -0.2) is 4.39 Å². The van der Waals surface area contributed by atoms with Crippen molar-refractivity contribution in [3.8, 4) is 0 Å². The second-order valence-electron chi connectivity index (χ2n) is 3.84. The minimum Gasteiger partial charge on any atom is -0.398 e. The van der Waals surface area contributed by atoms with Crippen LogP contribution in [0.25, 0.3) is 0 Å². The summed E-state index contributed by atoms with van der Waals surface area (Å²) in [6.07, 6.45) is 0. The van der Waals surface area contributed by atoms with Gasteiger partial charge in [0.15, 0.2) is 0 Å². The van der Waals surface area contributed by atoms with Crippen molar-refractivity contribution in [1.29, 1.82) is 0 Å². The van der Waals surface area contributed by atoms with Gasteiger partial charge < -0.3 is 11.1 Å². The molecule has 19 heavy (non-hydrogen) atoms. The number of benzene rings is 2. The SMILES string of the molecule is Nc1ccc(Br)cc1C(=O)Nc1cc(F)cc(Cl)c1. The van der Waals surface area contributed by atoms with Crippen LogP contribution in [-0.4, -0.2) is 5.91 Å². The lowest BCUT2D eigenvalue weighted by molar-refractivity contribution is 0.102. The Bertz CT molecular complexity index is 628. The van der Waals surface area contributed by atoms with Gasteiger partial charge in [0, 0.05) is 20.9 Å². The fourth-order valence-corrected chi connectivity index (χ4v) is 2.13. The van der Waals surface area contributed by atoms with Gasteiger partial charge in [-0.2, -0.15) is 0 Å². The van der Waals surface area contributed by atoms with Crippen molar-refractivity contribution in [2.75, 3.05) is 11.1 Å². The molecule has 0 aromatic heterocycles. The van der Waals surface area contributed by atoms with Crippen molar-refractivity contribution >= 4 is 44.8 Å². The topological polar surface area (TPSA) is 55.1 Å². The molecule has 0 bridgehead atoms. The van der Waals surface area contributed by atoms with Crippen LogP contribution < -0.4 is 11.1 Å². The summed E-state index contributed by atoms with van der Waals surface area (Å²) in [6.45, 7) is 0. The normalized spacial score (nSPS) is 10.3. The molecular weight excluding hydrogens is 335 g/mol. The molecule has 0 atom stereocenters. The molecule has 2 aromatic carbocycles. The van der Waals surface area contributed by atoms with Crippen LogP contribution in [0.2, 0.25) is 5.02 Å². The molecule has 0 unspecified atom stereocenters. The van der Waals surface area contributed by atoms with Crippen LogP contribution in [0.5, 0.6) is 0 Å². The van der Waals surface area contributed by atoms with E-state index in [2.05, 4.69) is 21.2 Å². The first-order valence-electron chi connectivity index (χ1n) is 5.28. The average Bonchev–Trinajstić information content (AvgIpc) is 2.30. The number of nitrogens with two attached hydrogens (primary N) is 1. The molecule has 0 spiro atoms. The fraction of sp³-hybridized carbons (Fsp3) is 0. The number of nitrogen functional groups attached to an aromatic ring is 1. The number of anilines is 2. The summed E-state index contributed by atoms with van der Waals surface area (Å²) < 4.78 is 13.9. The van der Waals surface area contributed by atoms with Gasteiger partial charge in [0.05, 0.1) is 5.56 Å². The average molecular weight is 344 g/mol. The Balaban J connectivity index is 2.28. The lowest BCUT2D eigenvalue weighted by atomic mass is 10.1. The Kier molecular flexibility index (Phi) is 4.07. The number of amides is 1. The Morgan fingerprint density at radius 1 is 1.26 bits per heavy atom. The number of nitrogens with one attached hydrogen (secondary N) is 1. The summed E-state index contributed by atoms with van der Waals surface area (Å²) in [5.41, 5.74) is 6.63. The van der Waals surface area contributed by atoms with Crippen LogP contribution in [0.3, 0.4) is 0 Å². The van der Waals surface area contributed by atoms with Gasteiger partial charge in [0.25, 0.3) is 5.91 Å². The van der Waals surface area contributed by atoms with Crippen molar-refractivity contribution in [2.45, 2.75) is 0 Å². The van der Waals surface area contributed by atoms with E-state index in [9.17, 15) is 9.18 Å². The number of carbonyl (C=O) groups is 1. The third-order valence-corrected chi connectivity index (χ3v) is 3.09. The van der Waals surface area contributed by atoms with Crippen molar-refractivity contribution in [1.82, 2.24) is 0 Å². The molecule has 0 heterocycles. The highest BCUT2D eigenvalue weighted by Gasteiger charge is 2.11. The van der Waals surface area contributed by atoms with Crippen LogP contribution >= 0.6 is 27.5 Å². The molecule has 1 amide bonds. The highest BCUT2D eigenvalue weighted by Crippen LogP contribution is 2.22. The van der Waals surface area contributed by atoms with Gasteiger partial charge in [0.2, 0.25) is 0 Å². The highest BCUT2D eigenvalue weighted by atomic mass is 79.9. The zero-order valence-corrected chi connectivity index (χ0v) is 11.9. The molecule has 0 aliphatic heterocycles. The van der Waals surface area contributed by atoms with Gasteiger partial charge in [0.1, 0.15) is 5.82 Å². The highest BCUT2D eigenvalue weighted by molar-refractivity contribution is 9.10. The Labute approximate surface area is 122 Å². The van der Waals surface area contributed by atoms with E-state index >= 15 is 0 Å². The maximum atomic E-state index is 13.2. The number of hydrogen-bond donors (Lipinski definition) is 2. The number of hydrogen-bond acceptors (Lipinski definition) is 2. The molecule has 3 nitrogen and oxygen atoms in total. The third kappa shape index (κ3) is 3.45. The standard InChI is InChI=1S/C13H9BrClFN2O/c14-7-1-2-12(17)11(3-7)13(19)18-10-5-8(15)4-9(16)6-10/h1-6H,17H2,(H,18,19). The first-order chi connectivity index (χ1) is 8.95. The quantitative estimate of drug-likeness (QED) is 0.807. The molecule has 3 N–H and O–H groups in total. The van der Waals surface area contributed by atoms with E-state index in [1.54, 1.807) is 18.2 Å². The van der Waals surface area contributed by atoms with E-state index in [1.807, 2.05) is 0 Å². The second-order valence-corrected chi connectivity index (χ2v) is 5.20. The van der Waals surface area contributed by atoms with Crippen LogP contribution in [0.1, 0.15) is 10.4 Å². The first kappa shape index (κ1) is 13.8. The van der Waals surface area contributed by atoms with Crippen LogP contribution in [0, 0.1) is 5.82 Å². The molecule has 2 aromatic rings. The van der Waals surface area contributed by atoms with Gasteiger partial charge in [-0.1, -0.05) is 27.5 Å². The van der Waals surface area contributed by atoms with Crippen molar-refractivity contribution in [3.63, 3.8) is 0 Å². The van der Waals surface area contributed by atoms with Crippen LogP contribution in [0.4, 0.5) is 15.8 Å². The third-order valence-electron chi connectivity index (χ3n) is 2.38. The molecular formula is C13H9BrClFN2O. The van der Waals surface area contributed by atoms with E-state index in [-0.39, 0.29) is 10.7 Å². The lowest BCUT2D eigenvalue weighted by Gasteiger charge is -2.08. The number of halogens is 3. The molecule has 0 saturated carbocycles. The molecule has 0 aliphatic carbocycles. The van der Waals surface area contributed by atoms with E-state index in [1.165, 1.54) is 12.1 Å². The lowest BCUT2D eigenvalue weighted by Crippen LogP contribution is -2.14. The minimum absolute atomic E-state index is 0.206. The molecule has 0 aliphatic rings. The zero-order valence-electron chi connectivity index (χ0n) is 9.58. The van der Waals surface area contributed by atoms with Crippen LogP contribution in [-0.2, 0) is 0 Å². The zero-order chi connectivity index (χ0) is 14.0. The van der Waals surface area contributed by atoms with Gasteiger partial charge in [-0.3, -0.25) is 4.79 Å². The summed E-state index contributed by atoms with van der Waals surface area (Å²) in [5, 5.41) is 2.75. The number of rotatable bonds is 2. The van der Waals surface area contributed by atoms with Crippen molar-refractivity contribution in [2.24, 2.45) is 0 Å². The summed E-state index contributed by atoms with van der Waals surface area (Å²) in [4.78, 5) is 12.0. The first-order valence-corrected chi connectivity index (χ1v) is 6.45. The predicted octanol–water partition coefficient (Wildman–Crippen LogP) is 4.08. The molecule has 6 heteroatoms. The van der Waals surface area contributed by atoms with E-state index in [4.69, 9.17) is 17.3 Å². The smallest absolute Gasteiger partial charge is 0.257 e. The van der Waals surface area contributed by atoms with Crippen molar-refractivity contribution in [3.05, 3.63) is 57.3 Å². The van der Waals surface area contributed by atoms with Gasteiger partial charge in [-0.05, 0) is 36.4 Å². The molecule has 0 fully saturated rings. The second kappa shape index (κ2) is 5.59. The number of carbonyl (C=O) groups excluding carboxylic acids is 1. The summed E-state index contributed by atoms with van der Waals surface area (Å²) >= 11 is 8.97. The predicted molar refractivity (Wildman–Crippen MR) is 77.9 cm³/mol. The fourth-order valence-electron chi connectivity index (χ4n) is 1.55. The largest absolute Gasteiger partial charge is 0.398 e. The minimum atomic E-state index is -0.523. The molecule has 98 valence electrons.